The first-order chi connectivity index (χ1) is 9.69. The standard InChI is InChI=1S/C16H13BrN2O/c17-11-4-6-14(10(8-11)9-18)19-15-7-5-13-12(15)2-1-3-16(13)20/h1-4,6,8,15,19-20H,5,7H2. The van der Waals surface area contributed by atoms with Gasteiger partial charge >= 0.3 is 0 Å². The number of phenols is 1. The van der Waals surface area contributed by atoms with Gasteiger partial charge in [-0.15, -0.1) is 0 Å². The smallest absolute Gasteiger partial charge is 0.119 e. The molecule has 0 fully saturated rings. The number of hydrogen-bond donors (Lipinski definition) is 2. The second-order valence-electron chi connectivity index (χ2n) is 4.88. The number of nitrogens with one attached hydrogen (secondary N) is 1. The average Bonchev–Trinajstić information content (AvgIpc) is 2.85. The number of nitriles is 1. The zero-order chi connectivity index (χ0) is 14.1. The molecule has 0 spiro atoms. The van der Waals surface area contributed by atoms with E-state index in [0.717, 1.165) is 34.1 Å². The lowest BCUT2D eigenvalue weighted by molar-refractivity contribution is 0.469. The van der Waals surface area contributed by atoms with Crippen molar-refractivity contribution in [2.24, 2.45) is 0 Å². The molecule has 0 aliphatic heterocycles. The number of benzene rings is 2. The van der Waals surface area contributed by atoms with Gasteiger partial charge in [-0.2, -0.15) is 5.26 Å². The van der Waals surface area contributed by atoms with E-state index in [1.54, 1.807) is 12.1 Å². The molecule has 1 unspecified atom stereocenters. The molecule has 0 amide bonds. The molecular formula is C16H13BrN2O. The Morgan fingerprint density at radius 1 is 1.30 bits per heavy atom. The second kappa shape index (κ2) is 5.18. The maximum absolute atomic E-state index is 9.87. The van der Waals surface area contributed by atoms with Gasteiger partial charge in [-0.1, -0.05) is 28.1 Å². The summed E-state index contributed by atoms with van der Waals surface area (Å²) in [6.45, 7) is 0. The zero-order valence-electron chi connectivity index (χ0n) is 10.7. The van der Waals surface area contributed by atoms with E-state index in [2.05, 4.69) is 27.3 Å². The Morgan fingerprint density at radius 3 is 2.95 bits per heavy atom. The van der Waals surface area contributed by atoms with Crippen molar-refractivity contribution in [1.82, 2.24) is 0 Å². The van der Waals surface area contributed by atoms with Crippen LogP contribution < -0.4 is 5.32 Å². The Balaban J connectivity index is 1.92. The number of aromatic hydroxyl groups is 1. The van der Waals surface area contributed by atoms with E-state index < -0.39 is 0 Å². The van der Waals surface area contributed by atoms with Crippen LogP contribution in [0, 0.1) is 11.3 Å². The molecule has 20 heavy (non-hydrogen) atoms. The minimum absolute atomic E-state index is 0.144. The number of phenolic OH excluding ortho intramolecular Hbond substituents is 1. The molecule has 0 heterocycles. The van der Waals surface area contributed by atoms with Crippen molar-refractivity contribution in [3.05, 3.63) is 57.6 Å². The molecule has 100 valence electrons. The van der Waals surface area contributed by atoms with Gasteiger partial charge in [0.05, 0.1) is 17.3 Å². The molecule has 0 aromatic heterocycles. The highest BCUT2D eigenvalue weighted by molar-refractivity contribution is 9.10. The average molecular weight is 329 g/mol. The van der Waals surface area contributed by atoms with E-state index in [0.29, 0.717) is 11.3 Å². The first-order valence-electron chi connectivity index (χ1n) is 6.46. The third kappa shape index (κ3) is 2.25. The van der Waals surface area contributed by atoms with Gasteiger partial charge in [0.2, 0.25) is 0 Å². The van der Waals surface area contributed by atoms with E-state index in [4.69, 9.17) is 0 Å². The topological polar surface area (TPSA) is 56.0 Å². The first kappa shape index (κ1) is 13.0. The summed E-state index contributed by atoms with van der Waals surface area (Å²) < 4.78 is 0.893. The van der Waals surface area contributed by atoms with E-state index in [1.165, 1.54) is 0 Å². The number of halogens is 1. The van der Waals surface area contributed by atoms with Gasteiger partial charge in [0, 0.05) is 4.47 Å². The normalized spacial score (nSPS) is 16.5. The van der Waals surface area contributed by atoms with Crippen LogP contribution in [0.3, 0.4) is 0 Å². The zero-order valence-corrected chi connectivity index (χ0v) is 12.3. The quantitative estimate of drug-likeness (QED) is 0.871. The maximum Gasteiger partial charge on any atom is 0.119 e. The fourth-order valence-corrected chi connectivity index (χ4v) is 3.07. The largest absolute Gasteiger partial charge is 0.508 e. The van der Waals surface area contributed by atoms with Crippen LogP contribution in [0.1, 0.15) is 29.2 Å². The minimum Gasteiger partial charge on any atom is -0.508 e. The fraction of sp³-hybridized carbons (Fsp3) is 0.188. The number of anilines is 1. The highest BCUT2D eigenvalue weighted by Crippen LogP contribution is 2.38. The Kier molecular flexibility index (Phi) is 3.37. The number of nitrogens with zero attached hydrogens (tertiary/aromatic N) is 1. The van der Waals surface area contributed by atoms with Crippen molar-refractivity contribution in [1.29, 1.82) is 5.26 Å². The van der Waals surface area contributed by atoms with Crippen LogP contribution >= 0.6 is 15.9 Å². The Hall–Kier alpha value is -1.99. The summed E-state index contributed by atoms with van der Waals surface area (Å²) >= 11 is 3.37. The van der Waals surface area contributed by atoms with Crippen LogP contribution in [0.5, 0.6) is 5.75 Å². The predicted octanol–water partition coefficient (Wildman–Crippen LogP) is 4.13. The summed E-state index contributed by atoms with van der Waals surface area (Å²) in [5.41, 5.74) is 3.59. The lowest BCUT2D eigenvalue weighted by atomic mass is 10.1. The molecule has 1 aliphatic carbocycles. The van der Waals surface area contributed by atoms with E-state index >= 15 is 0 Å². The van der Waals surface area contributed by atoms with E-state index in [1.807, 2.05) is 24.3 Å². The van der Waals surface area contributed by atoms with E-state index in [9.17, 15) is 10.4 Å². The molecular weight excluding hydrogens is 316 g/mol. The van der Waals surface area contributed by atoms with Crippen LogP contribution in [-0.4, -0.2) is 5.11 Å². The van der Waals surface area contributed by atoms with E-state index in [-0.39, 0.29) is 6.04 Å². The van der Waals surface area contributed by atoms with Gasteiger partial charge in [-0.3, -0.25) is 0 Å². The van der Waals surface area contributed by atoms with Crippen LogP contribution in [0.2, 0.25) is 0 Å². The molecule has 1 atom stereocenters. The predicted molar refractivity (Wildman–Crippen MR) is 81.6 cm³/mol. The first-order valence-corrected chi connectivity index (χ1v) is 7.25. The van der Waals surface area contributed by atoms with Gasteiger partial charge in [0.15, 0.2) is 0 Å². The maximum atomic E-state index is 9.87. The third-order valence-electron chi connectivity index (χ3n) is 3.68. The van der Waals surface area contributed by atoms with Gasteiger partial charge in [0.1, 0.15) is 11.8 Å². The molecule has 0 saturated heterocycles. The highest BCUT2D eigenvalue weighted by Gasteiger charge is 2.24. The molecule has 1 aliphatic rings. The molecule has 4 heteroatoms. The molecule has 2 N–H and O–H groups in total. The number of fused-ring (bicyclic) bond motifs is 1. The molecule has 0 bridgehead atoms. The lowest BCUT2D eigenvalue weighted by Gasteiger charge is -2.17. The van der Waals surface area contributed by atoms with Crippen molar-refractivity contribution in [3.8, 4) is 11.8 Å². The Labute approximate surface area is 126 Å². The van der Waals surface area contributed by atoms with Gasteiger partial charge in [-0.25, -0.2) is 0 Å². The number of rotatable bonds is 2. The lowest BCUT2D eigenvalue weighted by Crippen LogP contribution is -2.08. The molecule has 3 nitrogen and oxygen atoms in total. The monoisotopic (exact) mass is 328 g/mol. The molecule has 2 aromatic carbocycles. The van der Waals surface area contributed by atoms with Crippen molar-refractivity contribution in [2.45, 2.75) is 18.9 Å². The van der Waals surface area contributed by atoms with Gasteiger partial charge < -0.3 is 10.4 Å². The minimum atomic E-state index is 0.144. The van der Waals surface area contributed by atoms with Crippen LogP contribution in [0.25, 0.3) is 0 Å². The van der Waals surface area contributed by atoms with Crippen molar-refractivity contribution in [3.63, 3.8) is 0 Å². The highest BCUT2D eigenvalue weighted by atomic mass is 79.9. The number of hydrogen-bond acceptors (Lipinski definition) is 3. The van der Waals surface area contributed by atoms with Gasteiger partial charge in [-0.05, 0) is 48.2 Å². The Bertz CT molecular complexity index is 706. The Morgan fingerprint density at radius 2 is 2.15 bits per heavy atom. The summed E-state index contributed by atoms with van der Waals surface area (Å²) in [6.07, 6.45) is 1.78. The third-order valence-corrected chi connectivity index (χ3v) is 4.17. The van der Waals surface area contributed by atoms with Crippen LogP contribution in [0.15, 0.2) is 40.9 Å². The molecule has 0 saturated carbocycles. The molecule has 3 rings (SSSR count). The summed E-state index contributed by atoms with van der Waals surface area (Å²) in [5.74, 6) is 0.364. The van der Waals surface area contributed by atoms with Crippen molar-refractivity contribution < 1.29 is 5.11 Å². The molecule has 2 aromatic rings. The SMILES string of the molecule is N#Cc1cc(Br)ccc1NC1CCc2c(O)cccc21. The fourth-order valence-electron chi connectivity index (χ4n) is 2.71. The van der Waals surface area contributed by atoms with Crippen molar-refractivity contribution >= 4 is 21.6 Å². The van der Waals surface area contributed by atoms with Crippen LogP contribution in [-0.2, 0) is 6.42 Å². The van der Waals surface area contributed by atoms with Crippen LogP contribution in [0.4, 0.5) is 5.69 Å². The van der Waals surface area contributed by atoms with Gasteiger partial charge in [0.25, 0.3) is 0 Å². The second-order valence-corrected chi connectivity index (χ2v) is 5.80. The van der Waals surface area contributed by atoms with Crippen molar-refractivity contribution in [2.75, 3.05) is 5.32 Å². The summed E-state index contributed by atoms with van der Waals surface area (Å²) in [5, 5.41) is 22.5. The molecule has 0 radical (unpaired) electrons. The summed E-state index contributed by atoms with van der Waals surface area (Å²) in [4.78, 5) is 0. The summed E-state index contributed by atoms with van der Waals surface area (Å²) in [6, 6.07) is 13.6. The summed E-state index contributed by atoms with van der Waals surface area (Å²) in [7, 11) is 0.